The third-order valence-electron chi connectivity index (χ3n) is 4.25. The summed E-state index contributed by atoms with van der Waals surface area (Å²) in [4.78, 5) is 7.57. The Morgan fingerprint density at radius 2 is 2.12 bits per heavy atom. The summed E-state index contributed by atoms with van der Waals surface area (Å²) >= 11 is 3.26. The molecule has 130 valence electrons. The van der Waals surface area contributed by atoms with E-state index in [2.05, 4.69) is 16.8 Å². The van der Waals surface area contributed by atoms with Gasteiger partial charge < -0.3 is 5.73 Å². The number of nitrogens with two attached hydrogens (primary N) is 1. The molecule has 0 saturated carbocycles. The summed E-state index contributed by atoms with van der Waals surface area (Å²) in [5.74, 6) is 0. The van der Waals surface area contributed by atoms with Gasteiger partial charge >= 0.3 is 6.18 Å². The topological polar surface area (TPSA) is 42.1 Å². The van der Waals surface area contributed by atoms with E-state index in [4.69, 9.17) is 5.73 Å². The number of hydrogen-bond donors (Lipinski definition) is 1. The van der Waals surface area contributed by atoms with Gasteiger partial charge in [0.25, 0.3) is 0 Å². The van der Waals surface area contributed by atoms with E-state index in [1.807, 2.05) is 22.6 Å². The van der Waals surface area contributed by atoms with E-state index in [9.17, 15) is 13.2 Å². The number of aromatic nitrogens is 1. The Balaban J connectivity index is 1.99. The lowest BCUT2D eigenvalue weighted by Crippen LogP contribution is -2.25. The third-order valence-corrected chi connectivity index (χ3v) is 5.74. The van der Waals surface area contributed by atoms with Crippen LogP contribution in [0.4, 0.5) is 18.3 Å². The van der Waals surface area contributed by atoms with Gasteiger partial charge in [-0.3, -0.25) is 4.90 Å². The molecule has 1 atom stereocenters. The van der Waals surface area contributed by atoms with Gasteiger partial charge in [0.15, 0.2) is 5.13 Å². The first-order valence-electron chi connectivity index (χ1n) is 7.61. The number of likely N-dealkylation sites (tertiary alicyclic amines) is 1. The fraction of sp³-hybridized carbons (Fsp3) is 0.438. The number of alkyl halides is 3. The number of anilines is 1. The Hall–Kier alpha value is -0.870. The van der Waals surface area contributed by atoms with Crippen molar-refractivity contribution in [2.24, 2.45) is 0 Å². The maximum Gasteiger partial charge on any atom is 0.416 e. The van der Waals surface area contributed by atoms with Gasteiger partial charge in [0.05, 0.1) is 11.3 Å². The van der Waals surface area contributed by atoms with Gasteiger partial charge in [0.2, 0.25) is 0 Å². The first-order valence-corrected chi connectivity index (χ1v) is 9.51. The zero-order chi connectivity index (χ0) is 17.5. The second-order valence-corrected chi connectivity index (χ2v) is 8.37. The molecular formula is C16H17F3IN3S. The molecule has 0 unspecified atom stereocenters. The molecule has 1 aliphatic rings. The smallest absolute Gasteiger partial charge is 0.375 e. The Labute approximate surface area is 156 Å². The van der Waals surface area contributed by atoms with Crippen LogP contribution in [0.25, 0.3) is 11.3 Å². The molecule has 0 amide bonds. The molecule has 2 N–H and O–H groups in total. The molecule has 0 bridgehead atoms. The zero-order valence-corrected chi connectivity index (χ0v) is 16.0. The minimum Gasteiger partial charge on any atom is -0.375 e. The second kappa shape index (κ2) is 6.80. The zero-order valence-electron chi connectivity index (χ0n) is 13.0. The Bertz CT molecular complexity index is 745. The third kappa shape index (κ3) is 3.85. The van der Waals surface area contributed by atoms with Crippen molar-refractivity contribution in [1.82, 2.24) is 9.88 Å². The molecule has 2 aromatic rings. The van der Waals surface area contributed by atoms with E-state index in [-0.39, 0.29) is 0 Å². The van der Waals surface area contributed by atoms with E-state index in [1.54, 1.807) is 6.07 Å². The number of rotatable bonds is 3. The molecule has 1 aromatic carbocycles. The maximum atomic E-state index is 13.1. The number of benzene rings is 1. The molecule has 24 heavy (non-hydrogen) atoms. The quantitative estimate of drug-likeness (QED) is 0.647. The van der Waals surface area contributed by atoms with Gasteiger partial charge in [-0.2, -0.15) is 13.2 Å². The van der Waals surface area contributed by atoms with Crippen molar-refractivity contribution in [3.05, 3.63) is 32.2 Å². The molecule has 0 radical (unpaired) electrons. The van der Waals surface area contributed by atoms with E-state index in [0.29, 0.717) is 32.5 Å². The summed E-state index contributed by atoms with van der Waals surface area (Å²) in [6.45, 7) is 3.85. The first kappa shape index (κ1) is 17.9. The minimum atomic E-state index is -4.37. The average Bonchev–Trinajstić information content (AvgIpc) is 3.04. The van der Waals surface area contributed by atoms with Crippen LogP contribution < -0.4 is 5.73 Å². The average molecular weight is 467 g/mol. The highest BCUT2D eigenvalue weighted by Crippen LogP contribution is 2.37. The molecule has 3 rings (SSSR count). The summed E-state index contributed by atoms with van der Waals surface area (Å²) in [6, 6.07) is 4.50. The van der Waals surface area contributed by atoms with Gasteiger partial charge in [-0.25, -0.2) is 4.98 Å². The van der Waals surface area contributed by atoms with Crippen LogP contribution in [0.1, 0.15) is 30.2 Å². The fourth-order valence-corrected chi connectivity index (χ4v) is 4.56. The lowest BCUT2D eigenvalue weighted by Gasteiger charge is -2.20. The van der Waals surface area contributed by atoms with Crippen LogP contribution >= 0.6 is 33.9 Å². The maximum absolute atomic E-state index is 13.1. The summed E-state index contributed by atoms with van der Waals surface area (Å²) < 4.78 is 39.8. The number of thiazole rings is 1. The Kier molecular flexibility index (Phi) is 5.08. The van der Waals surface area contributed by atoms with Crippen molar-refractivity contribution >= 4 is 39.1 Å². The van der Waals surface area contributed by atoms with Crippen molar-refractivity contribution in [1.29, 1.82) is 0 Å². The van der Waals surface area contributed by atoms with Crippen LogP contribution in [0, 0.1) is 3.57 Å². The lowest BCUT2D eigenvalue weighted by molar-refractivity contribution is -0.137. The van der Waals surface area contributed by atoms with Crippen molar-refractivity contribution in [2.75, 3.05) is 12.3 Å². The number of halogens is 4. The highest BCUT2D eigenvalue weighted by atomic mass is 127. The van der Waals surface area contributed by atoms with Crippen LogP contribution in [0.15, 0.2) is 18.2 Å². The molecule has 1 saturated heterocycles. The van der Waals surface area contributed by atoms with Gasteiger partial charge in [0, 0.05) is 26.6 Å². The SMILES string of the molecule is C[C@@H]1CCCN1Cc1sc(N)nc1-c1cc(I)cc(C(F)(F)F)c1. The summed E-state index contributed by atoms with van der Waals surface area (Å²) in [6.07, 6.45) is -2.08. The van der Waals surface area contributed by atoms with Crippen LogP contribution in [0.3, 0.4) is 0 Å². The van der Waals surface area contributed by atoms with E-state index < -0.39 is 11.7 Å². The molecule has 1 fully saturated rings. The van der Waals surface area contributed by atoms with E-state index in [1.165, 1.54) is 11.3 Å². The van der Waals surface area contributed by atoms with Gasteiger partial charge in [-0.1, -0.05) is 0 Å². The van der Waals surface area contributed by atoms with Crippen molar-refractivity contribution < 1.29 is 13.2 Å². The predicted octanol–water partition coefficient (Wildman–Crippen LogP) is 5.00. The van der Waals surface area contributed by atoms with Gasteiger partial charge in [-0.15, -0.1) is 11.3 Å². The standard InChI is InChI=1S/C16H17F3IN3S/c1-9-3-2-4-23(9)8-13-14(22-15(21)24-13)10-5-11(16(17,18)19)7-12(20)6-10/h5-7,9H,2-4,8H2,1H3,(H2,21,22)/t9-/m1/s1. The van der Waals surface area contributed by atoms with Crippen LogP contribution in [-0.2, 0) is 12.7 Å². The van der Waals surface area contributed by atoms with Gasteiger partial charge in [0.1, 0.15) is 0 Å². The predicted molar refractivity (Wildman–Crippen MR) is 98.8 cm³/mol. The molecule has 0 spiro atoms. The minimum absolute atomic E-state index is 0.388. The highest BCUT2D eigenvalue weighted by molar-refractivity contribution is 14.1. The van der Waals surface area contributed by atoms with Crippen molar-refractivity contribution in [2.45, 2.75) is 38.5 Å². The molecule has 2 heterocycles. The number of hydrogen-bond acceptors (Lipinski definition) is 4. The largest absolute Gasteiger partial charge is 0.416 e. The summed E-state index contributed by atoms with van der Waals surface area (Å²) in [7, 11) is 0. The lowest BCUT2D eigenvalue weighted by atomic mass is 10.1. The molecule has 0 aliphatic carbocycles. The van der Waals surface area contributed by atoms with E-state index >= 15 is 0 Å². The first-order chi connectivity index (χ1) is 11.2. The van der Waals surface area contributed by atoms with Crippen LogP contribution in [-0.4, -0.2) is 22.5 Å². The Morgan fingerprint density at radius 1 is 1.38 bits per heavy atom. The molecule has 1 aromatic heterocycles. The molecule has 3 nitrogen and oxygen atoms in total. The van der Waals surface area contributed by atoms with Crippen molar-refractivity contribution in [3.63, 3.8) is 0 Å². The van der Waals surface area contributed by atoms with E-state index in [0.717, 1.165) is 36.4 Å². The number of nitrogens with zero attached hydrogens (tertiary/aromatic N) is 2. The summed E-state index contributed by atoms with van der Waals surface area (Å²) in [5.41, 5.74) is 6.24. The Morgan fingerprint density at radius 3 is 2.75 bits per heavy atom. The normalized spacial score (nSPS) is 19.1. The van der Waals surface area contributed by atoms with Crippen LogP contribution in [0.5, 0.6) is 0 Å². The molecule has 8 heteroatoms. The van der Waals surface area contributed by atoms with Crippen LogP contribution in [0.2, 0.25) is 0 Å². The number of nitrogen functional groups attached to an aromatic ring is 1. The fourth-order valence-electron chi connectivity index (χ4n) is 3.00. The van der Waals surface area contributed by atoms with Crippen molar-refractivity contribution in [3.8, 4) is 11.3 Å². The van der Waals surface area contributed by atoms with Gasteiger partial charge in [-0.05, 0) is 67.1 Å². The highest BCUT2D eigenvalue weighted by Gasteiger charge is 2.32. The molecule has 1 aliphatic heterocycles. The summed E-state index contributed by atoms with van der Waals surface area (Å²) in [5, 5.41) is 0.388. The monoisotopic (exact) mass is 467 g/mol. The molecular weight excluding hydrogens is 450 g/mol. The second-order valence-electron chi connectivity index (χ2n) is 6.01.